The zero-order chi connectivity index (χ0) is 8.43. The first kappa shape index (κ1) is 8.05. The second kappa shape index (κ2) is 2.91. The highest BCUT2D eigenvalue weighted by atomic mass is 16.1. The molecule has 60 valence electrons. The zero-order valence-corrected chi connectivity index (χ0v) is 7.16. The molecule has 0 aliphatic carbocycles. The van der Waals surface area contributed by atoms with Crippen molar-refractivity contribution in [2.75, 3.05) is 0 Å². The Labute approximate surface area is 66.5 Å². The average molecular weight is 151 g/mol. The Hall–Kier alpha value is -1.05. The molecule has 0 spiro atoms. The fraction of sp³-hybridized carbons (Fsp3) is 0.444. The standard InChI is InChI=1S/C9H13NO/c1-7(2)8-5-4-6-10(3)9(8)11/h4-7H,1-3H3. The van der Waals surface area contributed by atoms with Crippen LogP contribution in [0.15, 0.2) is 23.1 Å². The summed E-state index contributed by atoms with van der Waals surface area (Å²) in [6.45, 7) is 4.05. The van der Waals surface area contributed by atoms with Crippen LogP contribution in [0.1, 0.15) is 25.3 Å². The molecule has 0 saturated carbocycles. The minimum atomic E-state index is 0.113. The third-order valence-electron chi connectivity index (χ3n) is 1.77. The van der Waals surface area contributed by atoms with E-state index in [1.54, 1.807) is 17.8 Å². The summed E-state index contributed by atoms with van der Waals surface area (Å²) in [5, 5.41) is 0. The highest BCUT2D eigenvalue weighted by Gasteiger charge is 2.03. The molecule has 0 saturated heterocycles. The molecule has 0 radical (unpaired) electrons. The van der Waals surface area contributed by atoms with E-state index in [0.29, 0.717) is 5.92 Å². The lowest BCUT2D eigenvalue weighted by Crippen LogP contribution is -2.20. The van der Waals surface area contributed by atoms with E-state index in [1.165, 1.54) is 0 Å². The number of rotatable bonds is 1. The molecule has 0 aliphatic rings. The molecule has 1 heterocycles. The van der Waals surface area contributed by atoms with Crippen molar-refractivity contribution in [1.29, 1.82) is 0 Å². The molecule has 0 fully saturated rings. The Bertz CT molecular complexity index is 299. The van der Waals surface area contributed by atoms with Gasteiger partial charge >= 0.3 is 0 Å². The lowest BCUT2D eigenvalue weighted by atomic mass is 10.1. The van der Waals surface area contributed by atoms with Crippen molar-refractivity contribution in [3.05, 3.63) is 34.2 Å². The summed E-state index contributed by atoms with van der Waals surface area (Å²) >= 11 is 0. The molecular weight excluding hydrogens is 138 g/mol. The van der Waals surface area contributed by atoms with Crippen molar-refractivity contribution >= 4 is 0 Å². The SMILES string of the molecule is CC(C)c1cccn(C)c1=O. The fourth-order valence-corrected chi connectivity index (χ4v) is 1.06. The van der Waals surface area contributed by atoms with Gasteiger partial charge in [-0.05, 0) is 12.0 Å². The second-order valence-corrected chi connectivity index (χ2v) is 3.03. The molecule has 2 nitrogen and oxygen atoms in total. The third kappa shape index (κ3) is 1.50. The van der Waals surface area contributed by atoms with Crippen molar-refractivity contribution in [2.45, 2.75) is 19.8 Å². The highest BCUT2D eigenvalue weighted by molar-refractivity contribution is 5.13. The van der Waals surface area contributed by atoms with Gasteiger partial charge in [0.05, 0.1) is 0 Å². The van der Waals surface area contributed by atoms with E-state index in [-0.39, 0.29) is 5.56 Å². The lowest BCUT2D eigenvalue weighted by molar-refractivity contribution is 0.780. The van der Waals surface area contributed by atoms with Gasteiger partial charge in [0, 0.05) is 18.8 Å². The van der Waals surface area contributed by atoms with Gasteiger partial charge in [-0.1, -0.05) is 19.9 Å². The largest absolute Gasteiger partial charge is 0.318 e. The summed E-state index contributed by atoms with van der Waals surface area (Å²) in [6.07, 6.45) is 1.77. The molecule has 0 amide bonds. The van der Waals surface area contributed by atoms with E-state index in [1.807, 2.05) is 26.0 Å². The topological polar surface area (TPSA) is 22.0 Å². The fourth-order valence-electron chi connectivity index (χ4n) is 1.06. The van der Waals surface area contributed by atoms with Crippen molar-refractivity contribution in [3.63, 3.8) is 0 Å². The minimum Gasteiger partial charge on any atom is -0.318 e. The molecule has 0 aromatic carbocycles. The first-order valence-electron chi connectivity index (χ1n) is 3.78. The minimum absolute atomic E-state index is 0.113. The zero-order valence-electron chi connectivity index (χ0n) is 7.16. The van der Waals surface area contributed by atoms with Gasteiger partial charge in [-0.3, -0.25) is 4.79 Å². The van der Waals surface area contributed by atoms with Gasteiger partial charge in [0.25, 0.3) is 5.56 Å². The molecule has 11 heavy (non-hydrogen) atoms. The molecule has 0 unspecified atom stereocenters. The molecular formula is C9H13NO. The van der Waals surface area contributed by atoms with E-state index < -0.39 is 0 Å². The van der Waals surface area contributed by atoms with Crippen molar-refractivity contribution in [2.24, 2.45) is 7.05 Å². The summed E-state index contributed by atoms with van der Waals surface area (Å²) in [7, 11) is 1.77. The summed E-state index contributed by atoms with van der Waals surface area (Å²) in [5.74, 6) is 0.315. The Morgan fingerprint density at radius 1 is 1.45 bits per heavy atom. The molecule has 1 aromatic heterocycles. The normalized spacial score (nSPS) is 10.5. The quantitative estimate of drug-likeness (QED) is 0.596. The van der Waals surface area contributed by atoms with Gasteiger partial charge < -0.3 is 4.57 Å². The van der Waals surface area contributed by atoms with Crippen LogP contribution in [-0.4, -0.2) is 4.57 Å². The highest BCUT2D eigenvalue weighted by Crippen LogP contribution is 2.07. The van der Waals surface area contributed by atoms with Crippen LogP contribution in [0, 0.1) is 0 Å². The number of aryl methyl sites for hydroxylation is 1. The van der Waals surface area contributed by atoms with Gasteiger partial charge in [-0.2, -0.15) is 0 Å². The maximum absolute atomic E-state index is 11.4. The van der Waals surface area contributed by atoms with Gasteiger partial charge in [0.2, 0.25) is 0 Å². The Morgan fingerprint density at radius 3 is 2.55 bits per heavy atom. The van der Waals surface area contributed by atoms with Gasteiger partial charge in [-0.25, -0.2) is 0 Å². The first-order valence-corrected chi connectivity index (χ1v) is 3.78. The number of nitrogens with zero attached hydrogens (tertiary/aromatic N) is 1. The van der Waals surface area contributed by atoms with Gasteiger partial charge in [-0.15, -0.1) is 0 Å². The maximum atomic E-state index is 11.4. The third-order valence-corrected chi connectivity index (χ3v) is 1.77. The molecule has 0 atom stereocenters. The van der Waals surface area contributed by atoms with E-state index in [0.717, 1.165) is 5.56 Å². The molecule has 0 N–H and O–H groups in total. The number of hydrogen-bond donors (Lipinski definition) is 0. The average Bonchev–Trinajstić information content (AvgIpc) is 1.94. The summed E-state index contributed by atoms with van der Waals surface area (Å²) < 4.78 is 1.61. The molecule has 1 rings (SSSR count). The van der Waals surface area contributed by atoms with Crippen LogP contribution < -0.4 is 5.56 Å². The van der Waals surface area contributed by atoms with Crippen molar-refractivity contribution in [3.8, 4) is 0 Å². The first-order chi connectivity index (χ1) is 5.13. The van der Waals surface area contributed by atoms with Gasteiger partial charge in [0.1, 0.15) is 0 Å². The van der Waals surface area contributed by atoms with Crippen molar-refractivity contribution in [1.82, 2.24) is 4.57 Å². The maximum Gasteiger partial charge on any atom is 0.253 e. The van der Waals surface area contributed by atoms with Crippen LogP contribution in [0.2, 0.25) is 0 Å². The number of aromatic nitrogens is 1. The second-order valence-electron chi connectivity index (χ2n) is 3.03. The predicted molar refractivity (Wildman–Crippen MR) is 45.8 cm³/mol. The Morgan fingerprint density at radius 2 is 2.09 bits per heavy atom. The molecule has 0 bridgehead atoms. The predicted octanol–water partition coefficient (Wildman–Crippen LogP) is 1.51. The van der Waals surface area contributed by atoms with Crippen LogP contribution in [-0.2, 0) is 7.05 Å². The van der Waals surface area contributed by atoms with Crippen LogP contribution in [0.3, 0.4) is 0 Å². The Kier molecular flexibility index (Phi) is 2.13. The van der Waals surface area contributed by atoms with Gasteiger partial charge in [0.15, 0.2) is 0 Å². The monoisotopic (exact) mass is 151 g/mol. The van der Waals surface area contributed by atoms with Crippen LogP contribution in [0.25, 0.3) is 0 Å². The number of hydrogen-bond acceptors (Lipinski definition) is 1. The Balaban J connectivity index is 3.28. The van der Waals surface area contributed by atoms with Crippen molar-refractivity contribution < 1.29 is 0 Å². The summed E-state index contributed by atoms with van der Waals surface area (Å²) in [6, 6.07) is 3.78. The summed E-state index contributed by atoms with van der Waals surface area (Å²) in [4.78, 5) is 11.4. The van der Waals surface area contributed by atoms with E-state index >= 15 is 0 Å². The van der Waals surface area contributed by atoms with E-state index in [4.69, 9.17) is 0 Å². The van der Waals surface area contributed by atoms with Crippen LogP contribution in [0.5, 0.6) is 0 Å². The smallest absolute Gasteiger partial charge is 0.253 e. The number of pyridine rings is 1. The summed E-state index contributed by atoms with van der Waals surface area (Å²) in [5.41, 5.74) is 0.998. The van der Waals surface area contributed by atoms with E-state index in [9.17, 15) is 4.79 Å². The van der Waals surface area contributed by atoms with Crippen LogP contribution in [0.4, 0.5) is 0 Å². The van der Waals surface area contributed by atoms with Crippen LogP contribution >= 0.6 is 0 Å². The molecule has 1 aromatic rings. The molecule has 2 heteroatoms. The lowest BCUT2D eigenvalue weighted by Gasteiger charge is -2.04. The van der Waals surface area contributed by atoms with E-state index in [2.05, 4.69) is 0 Å². The molecule has 0 aliphatic heterocycles.